The molecule has 4 heterocycles. The molecule has 1 spiro atoms. The second kappa shape index (κ2) is 28.4. The summed E-state index contributed by atoms with van der Waals surface area (Å²) in [5.41, 5.74) is 21.1. The van der Waals surface area contributed by atoms with Gasteiger partial charge in [-0.25, -0.2) is 17.6 Å². The van der Waals surface area contributed by atoms with Gasteiger partial charge in [0.15, 0.2) is 0 Å². The van der Waals surface area contributed by atoms with Gasteiger partial charge in [0.25, 0.3) is 6.43 Å². The van der Waals surface area contributed by atoms with Crippen molar-refractivity contribution < 1.29 is 38.4 Å². The van der Waals surface area contributed by atoms with Crippen molar-refractivity contribution in [3.8, 4) is 0 Å². The molecule has 24 atom stereocenters. The summed E-state index contributed by atoms with van der Waals surface area (Å²) in [6, 6.07) is 9.26. The standard InChI is InChI=1S/C25H30F2N2O.2C25H29FN2O.C25H32N2O/c1-24-9-7-18(29-30)12-17(24)3-4-19-21-6-5-20(25(21,2)10-8-22(19)24)15-11-16(23(26)27)14-28-13-15;1-24-8-6-21-23(20(24)4-3-19(24)14-9-15(26)13-27-12-14)18-11-17(18)22-10-16(28-29)5-7-25(21,22)2;1-15-10-19-21-5-4-20(16-11-17(26)14-27-13-16)24(21,2)9-7-22(19)25(3)8-6-18(28-29)12-23(15)25;1-23-10-8-20-17(19(23)6-5-18(23)16-4-3-13-26-15-16)7-12-25-14-21(25)22(27-28)9-11-24(20,25)2/h5,11-14,19,21-23,30H,3-4,6-10H2,1-2H3;3,9-10,12-13,17-18,20-21,23,29H,4-8,11H2,1-2H3;4-5,11-15,19,22,29H,6-10H2,1-3H3;3-5,13,15,17,19-21,28H,6-12,14H2,1-2H3/t19-,21-,22-,24-,25+;17?,18?,20-,21-,23-,24+,25+;15?,19-,22-,24+,25+;17-,19-,20-,21?,23+,24+,25?/m0000/s1. The summed E-state index contributed by atoms with van der Waals surface area (Å²) in [5.74, 6) is 9.65. The van der Waals surface area contributed by atoms with Gasteiger partial charge in [-0.05, 0) is 380 Å². The molecule has 0 aliphatic heterocycles. The molecular formula is C100H120F4N8O4. The van der Waals surface area contributed by atoms with Gasteiger partial charge in [-0.2, -0.15) is 0 Å². The van der Waals surface area contributed by atoms with Crippen molar-refractivity contribution in [2.45, 2.75) is 236 Å². The summed E-state index contributed by atoms with van der Waals surface area (Å²) >= 11 is 0. The van der Waals surface area contributed by atoms with Gasteiger partial charge in [0.2, 0.25) is 0 Å². The highest BCUT2D eigenvalue weighted by Crippen LogP contribution is 2.80. The van der Waals surface area contributed by atoms with E-state index in [9.17, 15) is 38.4 Å². The first-order valence-corrected chi connectivity index (χ1v) is 44.6. The Labute approximate surface area is 683 Å². The lowest BCUT2D eigenvalue weighted by atomic mass is 9.43. The van der Waals surface area contributed by atoms with Gasteiger partial charge in [0.1, 0.15) is 11.6 Å². The molecule has 11 saturated carbocycles. The summed E-state index contributed by atoms with van der Waals surface area (Å²) < 4.78 is 54.2. The molecular weight excluding hydrogens is 1450 g/mol. The van der Waals surface area contributed by atoms with Crippen molar-refractivity contribution in [1.82, 2.24) is 19.9 Å². The number of oxime groups is 4. The fourth-order valence-corrected chi connectivity index (χ4v) is 31.4. The molecule has 18 aliphatic carbocycles. The topological polar surface area (TPSA) is 182 Å². The molecule has 4 aromatic heterocycles. The van der Waals surface area contributed by atoms with Crippen LogP contribution in [0.3, 0.4) is 0 Å². The molecule has 0 aromatic carbocycles. The van der Waals surface area contributed by atoms with E-state index in [4.69, 9.17) is 0 Å². The number of hydrogen-bond acceptors (Lipinski definition) is 12. The molecule has 116 heavy (non-hydrogen) atoms. The number of allylic oxidation sites excluding steroid dienone is 16. The van der Waals surface area contributed by atoms with E-state index >= 15 is 0 Å². The molecule has 0 saturated heterocycles. The number of rotatable bonds is 5. The van der Waals surface area contributed by atoms with Crippen molar-refractivity contribution >= 4 is 45.1 Å². The molecule has 4 aromatic rings. The normalized spacial score (nSPS) is 43.8. The zero-order valence-corrected chi connectivity index (χ0v) is 69.6. The summed E-state index contributed by atoms with van der Waals surface area (Å²) in [7, 11) is 0. The number of fused-ring (bicyclic) bond motifs is 22. The molecule has 12 nitrogen and oxygen atoms in total. The van der Waals surface area contributed by atoms with Crippen LogP contribution in [0.5, 0.6) is 0 Å². The van der Waals surface area contributed by atoms with Gasteiger partial charge in [-0.3, -0.25) is 19.9 Å². The van der Waals surface area contributed by atoms with Crippen LogP contribution in [0.1, 0.15) is 263 Å². The van der Waals surface area contributed by atoms with Crippen LogP contribution in [-0.4, -0.2) is 63.6 Å². The van der Waals surface area contributed by atoms with E-state index in [-0.39, 0.29) is 49.7 Å². The molecule has 0 radical (unpaired) electrons. The molecule has 22 rings (SSSR count). The van der Waals surface area contributed by atoms with Gasteiger partial charge in [0.05, 0.1) is 35.2 Å². The van der Waals surface area contributed by atoms with Crippen LogP contribution in [0.25, 0.3) is 22.3 Å². The third-order valence-corrected chi connectivity index (χ3v) is 37.4. The predicted octanol–water partition coefficient (Wildman–Crippen LogP) is 24.8. The number of halogens is 4. The minimum absolute atomic E-state index is 0.0117. The highest BCUT2D eigenvalue weighted by Gasteiger charge is 2.74. The van der Waals surface area contributed by atoms with E-state index in [2.05, 4.69) is 170 Å². The van der Waals surface area contributed by atoms with Crippen LogP contribution >= 0.6 is 0 Å². The lowest BCUT2D eigenvalue weighted by molar-refractivity contribution is -0.0987. The van der Waals surface area contributed by atoms with Crippen molar-refractivity contribution in [3.63, 3.8) is 0 Å². The zero-order valence-electron chi connectivity index (χ0n) is 69.6. The van der Waals surface area contributed by atoms with Gasteiger partial charge in [-0.15, -0.1) is 0 Å². The smallest absolute Gasteiger partial charge is 0.265 e. The van der Waals surface area contributed by atoms with Crippen LogP contribution in [0.15, 0.2) is 171 Å². The number of pyridine rings is 4. The highest BCUT2D eigenvalue weighted by atomic mass is 19.3. The first-order chi connectivity index (χ1) is 55.7. The first kappa shape index (κ1) is 78.0. The Morgan fingerprint density at radius 1 is 0.440 bits per heavy atom. The average molecular weight is 1570 g/mol. The summed E-state index contributed by atoms with van der Waals surface area (Å²) in [5, 5.41) is 51.5. The zero-order chi connectivity index (χ0) is 80.6. The van der Waals surface area contributed by atoms with Gasteiger partial charge in [0, 0.05) is 54.1 Å². The molecule has 11 fully saturated rings. The second-order valence-electron chi connectivity index (χ2n) is 41.6. The third-order valence-electron chi connectivity index (χ3n) is 37.4. The SMILES string of the molecule is CC1C[C@H]2C3=CC=C(c4cncc(F)c4)[C@@]3(C)CC[C@@H]2[C@@]2(C)CCC(=NO)C=C12.C[C@]12CCC(=NO)C=C1C1CC1[C@@H]1[C@@H]2CC[C@]2(C)C(c3cncc(F)c3)=CC[C@@H]12.C[C@]12CCC(=NO)C=C1CC[C@@H]1[C@@H]2CC[C@]2(C)C(c3cncc(C(F)F)c3)=CC[C@@H]12.C[C@]12CC[C@H]3[C@@H](CCC45CC4C(=NO)CC[C@]35C)[C@@H]1CC=C2c1cccnc1. The van der Waals surface area contributed by atoms with Crippen molar-refractivity contribution in [2.24, 2.45) is 158 Å². The summed E-state index contributed by atoms with van der Waals surface area (Å²) in [6.45, 7) is 22.0. The van der Waals surface area contributed by atoms with E-state index in [0.717, 1.165) is 159 Å². The Morgan fingerprint density at radius 3 is 1.62 bits per heavy atom. The van der Waals surface area contributed by atoms with Crippen molar-refractivity contribution in [3.05, 3.63) is 190 Å². The van der Waals surface area contributed by atoms with E-state index in [1.807, 2.05) is 12.4 Å². The molecule has 5 unspecified atom stereocenters. The van der Waals surface area contributed by atoms with E-state index < -0.39 is 6.43 Å². The minimum Gasteiger partial charge on any atom is -0.411 e. The maximum Gasteiger partial charge on any atom is 0.265 e. The monoisotopic (exact) mass is 1570 g/mol. The average Bonchev–Trinajstić information content (AvgIpc) is 1.50. The quantitative estimate of drug-likeness (QED) is 0.0865. The van der Waals surface area contributed by atoms with Crippen LogP contribution in [0.4, 0.5) is 17.6 Å². The molecule has 18 aliphatic rings. The van der Waals surface area contributed by atoms with Crippen LogP contribution < -0.4 is 0 Å². The van der Waals surface area contributed by atoms with Crippen LogP contribution in [-0.2, 0) is 0 Å². The Morgan fingerprint density at radius 2 is 0.991 bits per heavy atom. The van der Waals surface area contributed by atoms with Crippen molar-refractivity contribution in [1.29, 1.82) is 0 Å². The first-order valence-electron chi connectivity index (χ1n) is 44.6. The number of alkyl halides is 2. The lowest BCUT2D eigenvalue weighted by Crippen LogP contribution is -2.54. The fourth-order valence-electron chi connectivity index (χ4n) is 31.4. The molecule has 16 heteroatoms. The highest BCUT2D eigenvalue weighted by molar-refractivity contribution is 5.98. The molecule has 612 valence electrons. The Bertz CT molecular complexity index is 5030. The van der Waals surface area contributed by atoms with Crippen LogP contribution in [0.2, 0.25) is 0 Å². The number of nitrogens with zero attached hydrogens (tertiary/aromatic N) is 8. The Hall–Kier alpha value is -7.88. The Kier molecular flexibility index (Phi) is 19.1. The molecule has 0 bridgehead atoms. The lowest BCUT2D eigenvalue weighted by Gasteiger charge is -2.61. The second-order valence-corrected chi connectivity index (χ2v) is 41.6. The van der Waals surface area contributed by atoms with Gasteiger partial charge < -0.3 is 20.8 Å². The van der Waals surface area contributed by atoms with E-state index in [1.54, 1.807) is 41.7 Å². The largest absolute Gasteiger partial charge is 0.411 e. The van der Waals surface area contributed by atoms with E-state index in [0.29, 0.717) is 75.4 Å². The van der Waals surface area contributed by atoms with Gasteiger partial charge in [-0.1, -0.05) is 142 Å². The summed E-state index contributed by atoms with van der Waals surface area (Å²) in [6.07, 6.45) is 58.8. The van der Waals surface area contributed by atoms with Gasteiger partial charge >= 0.3 is 0 Å². The third kappa shape index (κ3) is 11.8. The summed E-state index contributed by atoms with van der Waals surface area (Å²) in [4.78, 5) is 16.7. The minimum atomic E-state index is -2.49. The molecule has 0 amide bonds. The predicted molar refractivity (Wildman–Crippen MR) is 448 cm³/mol. The molecule has 4 N–H and O–H groups in total. The number of hydrogen-bond donors (Lipinski definition) is 4. The number of aromatic nitrogens is 4. The fraction of sp³-hybridized carbons (Fsp3) is 0.600. The van der Waals surface area contributed by atoms with Crippen LogP contribution in [0, 0.1) is 149 Å². The maximum absolute atomic E-state index is 13.9. The Balaban J connectivity index is 0.000000103. The van der Waals surface area contributed by atoms with E-state index in [1.165, 1.54) is 135 Å². The maximum atomic E-state index is 13.9. The van der Waals surface area contributed by atoms with Crippen molar-refractivity contribution in [2.75, 3.05) is 0 Å².